The van der Waals surface area contributed by atoms with Gasteiger partial charge in [-0.2, -0.15) is 0 Å². The van der Waals surface area contributed by atoms with Crippen molar-refractivity contribution >= 4 is 11.8 Å². The van der Waals surface area contributed by atoms with E-state index in [1.54, 1.807) is 0 Å². The van der Waals surface area contributed by atoms with Gasteiger partial charge in [0.05, 0.1) is 12.1 Å². The van der Waals surface area contributed by atoms with Crippen LogP contribution in [0.4, 0.5) is 0 Å². The maximum atomic E-state index is 11.7. The molecular formula is C12H23N3O2. The summed E-state index contributed by atoms with van der Waals surface area (Å²) in [5.41, 5.74) is 5.09. The minimum Gasteiger partial charge on any atom is -0.330 e. The fraction of sp³-hybridized carbons (Fsp3) is 0.833. The topological polar surface area (TPSA) is 75.4 Å². The largest absolute Gasteiger partial charge is 0.330 e. The van der Waals surface area contributed by atoms with Gasteiger partial charge in [-0.1, -0.05) is 13.8 Å². The van der Waals surface area contributed by atoms with Gasteiger partial charge in [-0.3, -0.25) is 19.8 Å². The first-order valence-electron chi connectivity index (χ1n) is 5.98. The molecule has 5 heteroatoms. The SMILES string of the molecule is CC(C)(CN)CCN1CC(=O)NC(=O)C1(C)C. The van der Waals surface area contributed by atoms with Gasteiger partial charge in [0.25, 0.3) is 0 Å². The Bertz CT molecular complexity index is 324. The van der Waals surface area contributed by atoms with Crippen LogP contribution in [0.15, 0.2) is 0 Å². The second-order valence-corrected chi connectivity index (χ2v) is 5.98. The van der Waals surface area contributed by atoms with E-state index in [2.05, 4.69) is 19.2 Å². The van der Waals surface area contributed by atoms with Gasteiger partial charge < -0.3 is 5.73 Å². The summed E-state index contributed by atoms with van der Waals surface area (Å²) >= 11 is 0. The van der Waals surface area contributed by atoms with Gasteiger partial charge in [-0.15, -0.1) is 0 Å². The average Bonchev–Trinajstić information content (AvgIpc) is 2.22. The predicted octanol–water partition coefficient (Wildman–Crippen LogP) is 0.0984. The molecule has 0 spiro atoms. The summed E-state index contributed by atoms with van der Waals surface area (Å²) in [6.07, 6.45) is 0.869. The number of nitrogens with one attached hydrogen (secondary N) is 1. The molecule has 98 valence electrons. The molecule has 3 N–H and O–H groups in total. The number of amides is 2. The summed E-state index contributed by atoms with van der Waals surface area (Å²) in [7, 11) is 0. The zero-order valence-corrected chi connectivity index (χ0v) is 11.2. The first-order valence-corrected chi connectivity index (χ1v) is 5.98. The van der Waals surface area contributed by atoms with Crippen molar-refractivity contribution in [2.24, 2.45) is 11.1 Å². The smallest absolute Gasteiger partial charge is 0.246 e. The van der Waals surface area contributed by atoms with Crippen molar-refractivity contribution in [1.29, 1.82) is 0 Å². The molecule has 0 atom stereocenters. The Morgan fingerprint density at radius 2 is 2.00 bits per heavy atom. The molecule has 17 heavy (non-hydrogen) atoms. The third-order valence-corrected chi connectivity index (χ3v) is 3.54. The Kier molecular flexibility index (Phi) is 3.94. The van der Waals surface area contributed by atoms with Gasteiger partial charge in [-0.25, -0.2) is 0 Å². The van der Waals surface area contributed by atoms with Crippen LogP contribution in [0, 0.1) is 5.41 Å². The molecule has 0 saturated carbocycles. The molecule has 1 aliphatic heterocycles. The van der Waals surface area contributed by atoms with E-state index in [-0.39, 0.29) is 23.8 Å². The van der Waals surface area contributed by atoms with Crippen LogP contribution < -0.4 is 11.1 Å². The van der Waals surface area contributed by atoms with Crippen LogP contribution in [0.5, 0.6) is 0 Å². The lowest BCUT2D eigenvalue weighted by atomic mass is 9.88. The second-order valence-electron chi connectivity index (χ2n) is 5.98. The first kappa shape index (κ1) is 14.1. The van der Waals surface area contributed by atoms with Crippen molar-refractivity contribution < 1.29 is 9.59 Å². The Morgan fingerprint density at radius 1 is 1.41 bits per heavy atom. The molecule has 0 unspecified atom stereocenters. The van der Waals surface area contributed by atoms with Gasteiger partial charge in [0.1, 0.15) is 0 Å². The normalized spacial score (nSPS) is 21.5. The molecule has 1 rings (SSSR count). The fourth-order valence-electron chi connectivity index (χ4n) is 1.73. The van der Waals surface area contributed by atoms with Crippen molar-refractivity contribution in [3.63, 3.8) is 0 Å². The standard InChI is InChI=1S/C12H23N3O2/c1-11(2,8-13)5-6-15-7-9(16)14-10(17)12(15,3)4/h5-8,13H2,1-4H3,(H,14,16,17). The summed E-state index contributed by atoms with van der Waals surface area (Å²) in [6, 6.07) is 0. The monoisotopic (exact) mass is 241 g/mol. The summed E-state index contributed by atoms with van der Waals surface area (Å²) in [4.78, 5) is 25.0. The Hall–Kier alpha value is -0.940. The quantitative estimate of drug-likeness (QED) is 0.684. The highest BCUT2D eigenvalue weighted by Gasteiger charge is 2.40. The summed E-state index contributed by atoms with van der Waals surface area (Å²) in [6.45, 7) is 9.43. The van der Waals surface area contributed by atoms with Gasteiger partial charge >= 0.3 is 0 Å². The Balaban J connectivity index is 2.68. The zero-order valence-electron chi connectivity index (χ0n) is 11.2. The maximum absolute atomic E-state index is 11.7. The van der Waals surface area contributed by atoms with E-state index >= 15 is 0 Å². The molecule has 0 aromatic rings. The average molecular weight is 241 g/mol. The van der Waals surface area contributed by atoms with Crippen molar-refractivity contribution in [2.45, 2.75) is 39.7 Å². The van der Waals surface area contributed by atoms with Crippen LogP contribution in [0.3, 0.4) is 0 Å². The van der Waals surface area contributed by atoms with Crippen molar-refractivity contribution in [3.8, 4) is 0 Å². The Morgan fingerprint density at radius 3 is 2.53 bits per heavy atom. The lowest BCUT2D eigenvalue weighted by Crippen LogP contribution is -2.64. The van der Waals surface area contributed by atoms with Crippen LogP contribution in [0.1, 0.15) is 34.1 Å². The van der Waals surface area contributed by atoms with Gasteiger partial charge in [0, 0.05) is 6.54 Å². The van der Waals surface area contributed by atoms with E-state index in [1.165, 1.54) is 0 Å². The molecule has 1 fully saturated rings. The van der Waals surface area contributed by atoms with Crippen LogP contribution >= 0.6 is 0 Å². The molecule has 2 amide bonds. The molecule has 5 nitrogen and oxygen atoms in total. The first-order chi connectivity index (χ1) is 7.69. The van der Waals surface area contributed by atoms with Crippen molar-refractivity contribution in [3.05, 3.63) is 0 Å². The summed E-state index contributed by atoms with van der Waals surface area (Å²) < 4.78 is 0. The van der Waals surface area contributed by atoms with E-state index in [9.17, 15) is 9.59 Å². The van der Waals surface area contributed by atoms with Crippen LogP contribution in [0.2, 0.25) is 0 Å². The van der Waals surface area contributed by atoms with E-state index in [1.807, 2.05) is 18.7 Å². The molecule has 0 aliphatic carbocycles. The minimum atomic E-state index is -0.626. The molecule has 0 aromatic carbocycles. The molecule has 1 saturated heterocycles. The molecule has 0 radical (unpaired) electrons. The lowest BCUT2D eigenvalue weighted by Gasteiger charge is -2.41. The van der Waals surface area contributed by atoms with Gasteiger partial charge in [0.15, 0.2) is 0 Å². The number of rotatable bonds is 4. The molecule has 1 heterocycles. The fourth-order valence-corrected chi connectivity index (χ4v) is 1.73. The highest BCUT2D eigenvalue weighted by atomic mass is 16.2. The van der Waals surface area contributed by atoms with Crippen molar-refractivity contribution in [1.82, 2.24) is 10.2 Å². The molecule has 1 aliphatic rings. The van der Waals surface area contributed by atoms with Gasteiger partial charge in [-0.05, 0) is 32.2 Å². The third kappa shape index (κ3) is 3.26. The second kappa shape index (κ2) is 4.74. The predicted molar refractivity (Wildman–Crippen MR) is 66.3 cm³/mol. The number of nitrogens with zero attached hydrogens (tertiary/aromatic N) is 1. The zero-order chi connectivity index (χ0) is 13.3. The van der Waals surface area contributed by atoms with Crippen LogP contribution in [-0.4, -0.2) is 41.9 Å². The molecule has 0 bridgehead atoms. The number of piperazine rings is 1. The highest BCUT2D eigenvalue weighted by Crippen LogP contribution is 2.23. The number of hydrogen-bond acceptors (Lipinski definition) is 4. The lowest BCUT2D eigenvalue weighted by molar-refractivity contribution is -0.145. The number of imide groups is 1. The van der Waals surface area contributed by atoms with Gasteiger partial charge in [0.2, 0.25) is 11.8 Å². The van der Waals surface area contributed by atoms with E-state index < -0.39 is 5.54 Å². The third-order valence-electron chi connectivity index (χ3n) is 3.54. The number of carbonyl (C=O) groups excluding carboxylic acids is 2. The van der Waals surface area contributed by atoms with E-state index in [4.69, 9.17) is 5.73 Å². The Labute approximate surface area is 103 Å². The summed E-state index contributed by atoms with van der Waals surface area (Å²) in [5.74, 6) is -0.445. The van der Waals surface area contributed by atoms with E-state index in [0.717, 1.165) is 6.42 Å². The summed E-state index contributed by atoms with van der Waals surface area (Å²) in [5, 5.41) is 2.37. The minimum absolute atomic E-state index is 0.0348. The molecular weight excluding hydrogens is 218 g/mol. The number of nitrogens with two attached hydrogens (primary N) is 1. The van der Waals surface area contributed by atoms with E-state index in [0.29, 0.717) is 13.1 Å². The highest BCUT2D eigenvalue weighted by molar-refractivity contribution is 6.02. The molecule has 0 aromatic heterocycles. The van der Waals surface area contributed by atoms with Crippen LogP contribution in [0.25, 0.3) is 0 Å². The number of hydrogen-bond donors (Lipinski definition) is 2. The van der Waals surface area contributed by atoms with Crippen molar-refractivity contribution in [2.75, 3.05) is 19.6 Å². The number of carbonyl (C=O) groups is 2. The maximum Gasteiger partial charge on any atom is 0.246 e. The van der Waals surface area contributed by atoms with Crippen LogP contribution in [-0.2, 0) is 9.59 Å².